The zero-order chi connectivity index (χ0) is 29.9. The van der Waals surface area contributed by atoms with Gasteiger partial charge in [0.05, 0.1) is 24.6 Å². The topological polar surface area (TPSA) is 209 Å². The third-order valence-electron chi connectivity index (χ3n) is 9.79. The van der Waals surface area contributed by atoms with Gasteiger partial charge >= 0.3 is 5.97 Å². The van der Waals surface area contributed by atoms with E-state index >= 15 is 0 Å². The van der Waals surface area contributed by atoms with Crippen LogP contribution in [0.15, 0.2) is 16.9 Å². The number of hydrogen-bond acceptors (Lipinski definition) is 11. The Bertz CT molecular complexity index is 1310. The number of nitrogens with two attached hydrogens (primary N) is 1. The molecular weight excluding hydrogens is 566 g/mol. The van der Waals surface area contributed by atoms with Crippen molar-refractivity contribution in [1.29, 1.82) is 0 Å². The number of hydrogen-bond donors (Lipinski definition) is 5. The van der Waals surface area contributed by atoms with Crippen LogP contribution >= 0.6 is 11.8 Å². The van der Waals surface area contributed by atoms with Gasteiger partial charge in [-0.1, -0.05) is 6.92 Å². The molecule has 0 bridgehead atoms. The minimum Gasteiger partial charge on any atom is -0.477 e. The summed E-state index contributed by atoms with van der Waals surface area (Å²) in [5, 5.41) is 37.0. The fraction of sp³-hybridized carbons (Fsp3) is 0.731. The van der Waals surface area contributed by atoms with Crippen molar-refractivity contribution in [3.05, 3.63) is 16.9 Å². The lowest BCUT2D eigenvalue weighted by Crippen LogP contribution is -2.66. The number of carboxylic acid groups (broad SMARTS) is 1. The zero-order valence-electron chi connectivity index (χ0n) is 23.5. The summed E-state index contributed by atoms with van der Waals surface area (Å²) in [7, 11) is 0. The molecule has 0 spiro atoms. The van der Waals surface area contributed by atoms with Crippen LogP contribution in [0, 0.1) is 23.2 Å². The monoisotopic (exact) mass is 603 g/mol. The summed E-state index contributed by atoms with van der Waals surface area (Å²) in [5.74, 6) is -2.45. The molecular formula is C26H37N9O6S. The normalized spacial score (nSPS) is 36.2. The number of rotatable bonds is 9. The van der Waals surface area contributed by atoms with Crippen LogP contribution in [-0.2, 0) is 25.7 Å². The van der Waals surface area contributed by atoms with Gasteiger partial charge in [0.1, 0.15) is 18.6 Å². The van der Waals surface area contributed by atoms with Crippen LogP contribution in [0.4, 0.5) is 0 Å². The van der Waals surface area contributed by atoms with E-state index in [2.05, 4.69) is 26.2 Å². The highest BCUT2D eigenvalue weighted by Gasteiger charge is 2.61. The van der Waals surface area contributed by atoms with E-state index in [1.165, 1.54) is 27.7 Å². The number of aromatic nitrogens is 4. The Kier molecular flexibility index (Phi) is 7.52. The highest BCUT2D eigenvalue weighted by Crippen LogP contribution is 2.52. The summed E-state index contributed by atoms with van der Waals surface area (Å²) in [6.07, 6.45) is 3.38. The Morgan fingerprint density at radius 3 is 2.79 bits per heavy atom. The third-order valence-corrected chi connectivity index (χ3v) is 11.3. The molecule has 6 rings (SSSR count). The number of aliphatic hydroxyl groups excluding tert-OH is 1. The van der Waals surface area contributed by atoms with Gasteiger partial charge in [0.15, 0.2) is 0 Å². The maximum absolute atomic E-state index is 13.4. The predicted molar refractivity (Wildman–Crippen MR) is 148 cm³/mol. The van der Waals surface area contributed by atoms with E-state index in [-0.39, 0.29) is 71.2 Å². The van der Waals surface area contributed by atoms with Crippen molar-refractivity contribution in [3.63, 3.8) is 0 Å². The van der Waals surface area contributed by atoms with Gasteiger partial charge < -0.3 is 36.4 Å². The number of nitrogens with one attached hydrogen (secondary N) is 2. The number of thioether (sulfide) groups is 1. The molecule has 42 heavy (non-hydrogen) atoms. The number of carbonyl (C=O) groups is 4. The molecule has 3 saturated heterocycles. The zero-order valence-corrected chi connectivity index (χ0v) is 24.4. The van der Waals surface area contributed by atoms with E-state index in [4.69, 9.17) is 5.73 Å². The maximum atomic E-state index is 13.4. The van der Waals surface area contributed by atoms with Crippen LogP contribution in [0.1, 0.15) is 33.1 Å². The number of likely N-dealkylation sites (tertiary alicyclic amines) is 1. The Hall–Kier alpha value is -3.08. The van der Waals surface area contributed by atoms with Crippen molar-refractivity contribution in [1.82, 2.24) is 40.6 Å². The summed E-state index contributed by atoms with van der Waals surface area (Å²) < 4.78 is 1.27. The molecule has 5 aliphatic rings. The van der Waals surface area contributed by atoms with Gasteiger partial charge in [-0.05, 0) is 42.5 Å². The molecule has 1 aliphatic carbocycles. The molecule has 5 heterocycles. The lowest BCUT2D eigenvalue weighted by Gasteiger charge is -2.47. The number of β-lactam (4-membered cyclic amide) rings is 1. The third kappa shape index (κ3) is 4.77. The Balaban J connectivity index is 1.09. The van der Waals surface area contributed by atoms with Crippen molar-refractivity contribution in [2.24, 2.45) is 28.9 Å². The maximum Gasteiger partial charge on any atom is 0.353 e. The second-order valence-corrected chi connectivity index (χ2v) is 13.8. The molecule has 0 radical (unpaired) electrons. The van der Waals surface area contributed by atoms with Crippen LogP contribution < -0.4 is 16.4 Å². The van der Waals surface area contributed by atoms with Crippen molar-refractivity contribution in [2.45, 2.75) is 69.1 Å². The van der Waals surface area contributed by atoms with Gasteiger partial charge in [-0.25, -0.2) is 9.48 Å². The van der Waals surface area contributed by atoms with Gasteiger partial charge in [0.2, 0.25) is 17.7 Å². The molecule has 228 valence electrons. The first-order chi connectivity index (χ1) is 20.0. The molecule has 6 N–H and O–H groups in total. The molecule has 1 aromatic rings. The number of nitrogens with zero attached hydrogens (tertiary/aromatic N) is 6. The average molecular weight is 604 g/mol. The van der Waals surface area contributed by atoms with Gasteiger partial charge in [0, 0.05) is 53.2 Å². The number of fused-ring (bicyclic) bond motifs is 2. The number of tetrazole rings is 1. The smallest absolute Gasteiger partial charge is 0.353 e. The van der Waals surface area contributed by atoms with E-state index in [1.54, 1.807) is 6.92 Å². The molecule has 9 atom stereocenters. The summed E-state index contributed by atoms with van der Waals surface area (Å²) in [6, 6.07) is -1.23. The van der Waals surface area contributed by atoms with Gasteiger partial charge in [-0.3, -0.25) is 14.4 Å². The number of carbonyl (C=O) groups excluding carboxylic acids is 3. The molecule has 16 heteroatoms. The van der Waals surface area contributed by atoms with Crippen molar-refractivity contribution < 1.29 is 29.4 Å². The molecule has 1 unspecified atom stereocenters. The predicted octanol–water partition coefficient (Wildman–Crippen LogP) is -2.03. The average Bonchev–Trinajstić information content (AvgIpc) is 3.74. The SMILES string of the molecule is CC(NC(=O)Cn1cnnn1)[C@H]1C(=O)N2C(C(=O)O)=C(S[C@@H]3CN[C@H](C(=O)N4C[C@H]5C[C@H](N)C[C@@]5(CO)C4)C3)[C@H](C)[C@H]12. The molecule has 0 aromatic carbocycles. The van der Waals surface area contributed by atoms with Crippen LogP contribution in [-0.4, -0.2) is 120 Å². The Labute approximate surface area is 246 Å². The van der Waals surface area contributed by atoms with Gasteiger partial charge in [-0.15, -0.1) is 16.9 Å². The lowest BCUT2D eigenvalue weighted by atomic mass is 9.78. The lowest BCUT2D eigenvalue weighted by molar-refractivity contribution is -0.158. The molecule has 1 saturated carbocycles. The largest absolute Gasteiger partial charge is 0.477 e. The second-order valence-electron chi connectivity index (χ2n) is 12.5. The quantitative estimate of drug-likeness (QED) is 0.194. The van der Waals surface area contributed by atoms with Gasteiger partial charge in [0.25, 0.3) is 0 Å². The van der Waals surface area contributed by atoms with Crippen molar-refractivity contribution in [3.8, 4) is 0 Å². The van der Waals surface area contributed by atoms with Crippen LogP contribution in [0.5, 0.6) is 0 Å². The number of amides is 3. The fourth-order valence-corrected chi connectivity index (χ4v) is 9.32. The Morgan fingerprint density at radius 2 is 2.12 bits per heavy atom. The summed E-state index contributed by atoms with van der Waals surface area (Å²) >= 11 is 1.43. The number of carboxylic acids is 1. The van der Waals surface area contributed by atoms with E-state index in [0.29, 0.717) is 31.0 Å². The van der Waals surface area contributed by atoms with Crippen LogP contribution in [0.3, 0.4) is 0 Å². The Morgan fingerprint density at radius 1 is 1.33 bits per heavy atom. The van der Waals surface area contributed by atoms with Crippen molar-refractivity contribution in [2.75, 3.05) is 26.2 Å². The van der Waals surface area contributed by atoms with Crippen LogP contribution in [0.25, 0.3) is 0 Å². The molecule has 1 aromatic heterocycles. The molecule has 4 fully saturated rings. The van der Waals surface area contributed by atoms with E-state index in [1.807, 2.05) is 11.8 Å². The minimum atomic E-state index is -1.16. The summed E-state index contributed by atoms with van der Waals surface area (Å²) in [6.45, 7) is 5.22. The van der Waals surface area contributed by atoms with Crippen LogP contribution in [0.2, 0.25) is 0 Å². The molecule has 15 nitrogen and oxygen atoms in total. The number of aliphatic carboxylic acids is 1. The summed E-state index contributed by atoms with van der Waals surface area (Å²) in [4.78, 5) is 55.3. The summed E-state index contributed by atoms with van der Waals surface area (Å²) in [5.41, 5.74) is 5.82. The highest BCUT2D eigenvalue weighted by atomic mass is 32.2. The second kappa shape index (κ2) is 10.9. The molecule has 4 aliphatic heterocycles. The van der Waals surface area contributed by atoms with E-state index in [9.17, 15) is 29.4 Å². The number of aliphatic hydroxyl groups is 1. The van der Waals surface area contributed by atoms with Gasteiger partial charge in [-0.2, -0.15) is 0 Å². The first-order valence-electron chi connectivity index (χ1n) is 14.4. The van der Waals surface area contributed by atoms with E-state index < -0.39 is 24.0 Å². The molecule has 3 amide bonds. The minimum absolute atomic E-state index is 0.00524. The first-order valence-corrected chi connectivity index (χ1v) is 15.3. The van der Waals surface area contributed by atoms with E-state index in [0.717, 1.165) is 12.8 Å². The standard InChI is InChI=1S/C26H37N9O6S/c1-12-20-19(13(2)30-18(37)8-34-11-29-31-32-34)24(39)35(20)21(25(40)41)22(12)42-16-4-17(28-6-16)23(38)33-7-14-3-15(27)5-26(14,9-33)10-36/h11-17,19-20,28,36H,3-10,27H2,1-2H3,(H,30,37)(H,40,41)/t12-,13?,14-,15+,16+,17+,19-,20-,26+/m1/s1. The van der Waals surface area contributed by atoms with Crippen molar-refractivity contribution >= 4 is 35.5 Å². The highest BCUT2D eigenvalue weighted by molar-refractivity contribution is 8.03. The fourth-order valence-electron chi connectivity index (χ4n) is 7.84. The first kappa shape index (κ1) is 29.0.